The van der Waals surface area contributed by atoms with Gasteiger partial charge in [-0.25, -0.2) is 19.9 Å². The summed E-state index contributed by atoms with van der Waals surface area (Å²) >= 11 is 0. The van der Waals surface area contributed by atoms with E-state index in [0.29, 0.717) is 54.1 Å². The highest BCUT2D eigenvalue weighted by Crippen LogP contribution is 2.40. The van der Waals surface area contributed by atoms with Crippen LogP contribution >= 0.6 is 0 Å². The molecule has 2 aromatic heterocycles. The minimum absolute atomic E-state index is 0.0208. The predicted octanol–water partition coefficient (Wildman–Crippen LogP) is 22.1. The summed E-state index contributed by atoms with van der Waals surface area (Å²) in [6.07, 6.45) is 63.7. The first kappa shape index (κ1) is 81.9. The molecule has 0 aliphatic carbocycles. The number of hydrogen-bond acceptors (Lipinski definition) is 13. The number of aliphatic hydroxyl groups excluding tert-OH is 1. The van der Waals surface area contributed by atoms with E-state index in [9.17, 15) is 14.7 Å². The van der Waals surface area contributed by atoms with Crippen molar-refractivity contribution in [1.29, 1.82) is 0 Å². The molecule has 15 heteroatoms. The number of imidazole rings is 1. The van der Waals surface area contributed by atoms with Crippen molar-refractivity contribution >= 4 is 34.8 Å². The van der Waals surface area contributed by atoms with Crippen LogP contribution in [0.5, 0.6) is 17.2 Å². The highest BCUT2D eigenvalue weighted by molar-refractivity contribution is 5.88. The van der Waals surface area contributed by atoms with Gasteiger partial charge in [0.05, 0.1) is 45.6 Å². The standard InChI is InChI=1S/C79H138N6O9/c1-7-10-13-16-19-22-25-28-31-34-37-40-43-46-49-52-57-89-70-60-68(64-92-74(87)55-56-75(88)94-69-62-73(93-72(69)63-86)85-66-82-76-78(80-65-81-79(76)85)83-67(4)84(5)6)61-71(90-58-53-50-47-44-41-38-35-32-29-26-23-20-17-14-11-8-2)77(70)91-59-54-51-48-45-42-39-36-33-30-27-24-21-18-15-12-9-3/h60-61,65-66,69,72-73,86H,7-59,62-64H2,1-6H3/t69-,72-,73-/m1/s1. The monoisotopic (exact) mass is 1320 g/mol. The quantitative estimate of drug-likeness (QED) is 0.0245. The first-order valence-electron chi connectivity index (χ1n) is 39.3. The number of rotatable bonds is 63. The number of ether oxygens (including phenoxy) is 6. The summed E-state index contributed by atoms with van der Waals surface area (Å²) in [4.78, 5) is 46.6. The van der Waals surface area contributed by atoms with E-state index < -0.39 is 30.4 Å². The molecule has 0 saturated carbocycles. The number of aliphatic hydroxyl groups is 1. The van der Waals surface area contributed by atoms with Gasteiger partial charge in [-0.05, 0) is 43.9 Å². The molecule has 0 amide bonds. The smallest absolute Gasteiger partial charge is 0.306 e. The molecule has 0 radical (unpaired) electrons. The van der Waals surface area contributed by atoms with E-state index in [2.05, 4.69) is 40.7 Å². The van der Waals surface area contributed by atoms with Crippen molar-refractivity contribution in [3.8, 4) is 17.2 Å². The van der Waals surface area contributed by atoms with Crippen LogP contribution in [0.1, 0.15) is 367 Å². The number of fused-ring (bicyclic) bond motifs is 1. The molecule has 3 atom stereocenters. The van der Waals surface area contributed by atoms with E-state index in [1.54, 1.807) is 10.9 Å². The van der Waals surface area contributed by atoms with Crippen LogP contribution in [0.2, 0.25) is 0 Å². The second-order valence-corrected chi connectivity index (χ2v) is 27.7. The Hall–Kier alpha value is -4.50. The van der Waals surface area contributed by atoms with Crippen molar-refractivity contribution in [3.63, 3.8) is 0 Å². The molecular weight excluding hydrogens is 1180 g/mol. The lowest BCUT2D eigenvalue weighted by Crippen LogP contribution is -2.30. The average molecular weight is 1320 g/mol. The zero-order valence-electron chi connectivity index (χ0n) is 61.0. The number of benzene rings is 1. The third kappa shape index (κ3) is 37.9. The van der Waals surface area contributed by atoms with Gasteiger partial charge in [0, 0.05) is 20.5 Å². The Morgan fingerprint density at radius 2 is 0.894 bits per heavy atom. The molecule has 1 aromatic carbocycles. The van der Waals surface area contributed by atoms with Crippen LogP contribution in [-0.2, 0) is 30.4 Å². The number of esters is 2. The van der Waals surface area contributed by atoms with Crippen molar-refractivity contribution in [2.75, 3.05) is 40.5 Å². The topological polar surface area (TPSA) is 169 Å². The number of aliphatic imine (C=N–C) groups is 1. The number of carbonyl (C=O) groups excluding carboxylic acids is 2. The summed E-state index contributed by atoms with van der Waals surface area (Å²) < 4.78 is 39.6. The first-order chi connectivity index (χ1) is 46.2. The second kappa shape index (κ2) is 55.5. The molecule has 3 aromatic rings. The zero-order valence-corrected chi connectivity index (χ0v) is 61.0. The summed E-state index contributed by atoms with van der Waals surface area (Å²) in [6.45, 7) is 10.0. The van der Waals surface area contributed by atoms with Crippen molar-refractivity contribution in [2.24, 2.45) is 4.99 Å². The minimum Gasteiger partial charge on any atom is -0.490 e. The van der Waals surface area contributed by atoms with Gasteiger partial charge in [0.1, 0.15) is 37.2 Å². The third-order valence-electron chi connectivity index (χ3n) is 19.0. The molecule has 1 aliphatic rings. The van der Waals surface area contributed by atoms with Gasteiger partial charge >= 0.3 is 11.9 Å². The largest absolute Gasteiger partial charge is 0.490 e. The lowest BCUT2D eigenvalue weighted by atomic mass is 10.0. The van der Waals surface area contributed by atoms with Crippen molar-refractivity contribution in [3.05, 3.63) is 30.4 Å². The van der Waals surface area contributed by atoms with E-state index in [-0.39, 0.29) is 32.5 Å². The number of aromatic nitrogens is 4. The van der Waals surface area contributed by atoms with Crippen LogP contribution in [0.15, 0.2) is 29.8 Å². The molecule has 538 valence electrons. The number of hydrogen-bond donors (Lipinski definition) is 1. The zero-order chi connectivity index (χ0) is 67.2. The molecule has 1 aliphatic heterocycles. The van der Waals surface area contributed by atoms with Gasteiger partial charge in [0.15, 0.2) is 28.5 Å². The molecular formula is C79H138N6O9. The Labute approximate surface area is 573 Å². The maximum absolute atomic E-state index is 13.4. The van der Waals surface area contributed by atoms with Crippen LogP contribution < -0.4 is 14.2 Å². The molecule has 4 rings (SSSR count). The van der Waals surface area contributed by atoms with Gasteiger partial charge in [-0.3, -0.25) is 14.2 Å². The fourth-order valence-corrected chi connectivity index (χ4v) is 12.8. The summed E-state index contributed by atoms with van der Waals surface area (Å²) in [7, 11) is 3.80. The van der Waals surface area contributed by atoms with Gasteiger partial charge in [-0.1, -0.05) is 310 Å². The van der Waals surface area contributed by atoms with Gasteiger partial charge < -0.3 is 38.4 Å². The normalized spacial score (nSPS) is 14.9. The summed E-state index contributed by atoms with van der Waals surface area (Å²) in [5, 5.41) is 10.3. The molecule has 0 bridgehead atoms. The van der Waals surface area contributed by atoms with Crippen LogP contribution in [-0.4, -0.2) is 100 Å². The van der Waals surface area contributed by atoms with E-state index in [0.717, 1.165) is 49.9 Å². The predicted molar refractivity (Wildman–Crippen MR) is 388 cm³/mol. The molecule has 1 saturated heterocycles. The molecule has 15 nitrogen and oxygen atoms in total. The number of carbonyl (C=O) groups is 2. The Morgan fingerprint density at radius 1 is 0.521 bits per heavy atom. The fraction of sp³-hybridized carbons (Fsp3) is 0.823. The van der Waals surface area contributed by atoms with Crippen LogP contribution in [0, 0.1) is 0 Å². The molecule has 0 unspecified atom stereocenters. The Balaban J connectivity index is 1.33. The number of nitrogens with zero attached hydrogens (tertiary/aromatic N) is 6. The molecule has 94 heavy (non-hydrogen) atoms. The van der Waals surface area contributed by atoms with Crippen molar-refractivity contribution in [2.45, 2.75) is 380 Å². The lowest BCUT2D eigenvalue weighted by molar-refractivity contribution is -0.157. The minimum atomic E-state index is -0.782. The number of unbranched alkanes of at least 4 members (excludes halogenated alkanes) is 45. The van der Waals surface area contributed by atoms with E-state index in [1.165, 1.54) is 276 Å². The molecule has 0 spiro atoms. The van der Waals surface area contributed by atoms with Crippen LogP contribution in [0.4, 0.5) is 5.82 Å². The van der Waals surface area contributed by atoms with Crippen LogP contribution in [0.3, 0.4) is 0 Å². The average Bonchev–Trinajstić information content (AvgIpc) is 1.96. The highest BCUT2D eigenvalue weighted by atomic mass is 16.6. The van der Waals surface area contributed by atoms with Crippen LogP contribution in [0.25, 0.3) is 11.2 Å². The molecule has 1 fully saturated rings. The van der Waals surface area contributed by atoms with E-state index in [4.69, 9.17) is 28.4 Å². The third-order valence-corrected chi connectivity index (χ3v) is 19.0. The summed E-state index contributed by atoms with van der Waals surface area (Å²) in [5.41, 5.74) is 1.74. The van der Waals surface area contributed by atoms with E-state index in [1.807, 2.05) is 38.1 Å². The van der Waals surface area contributed by atoms with Gasteiger partial charge in [0.25, 0.3) is 0 Å². The Kier molecular flexibility index (Phi) is 48.4. The Bertz CT molecular complexity index is 2300. The maximum atomic E-state index is 13.4. The van der Waals surface area contributed by atoms with Crippen molar-refractivity contribution < 1.29 is 43.1 Å². The summed E-state index contributed by atoms with van der Waals surface area (Å²) in [6, 6.07) is 3.89. The maximum Gasteiger partial charge on any atom is 0.306 e. The van der Waals surface area contributed by atoms with Crippen molar-refractivity contribution in [1.82, 2.24) is 24.4 Å². The Morgan fingerprint density at radius 3 is 1.28 bits per heavy atom. The van der Waals surface area contributed by atoms with Gasteiger partial charge in [-0.2, -0.15) is 0 Å². The van der Waals surface area contributed by atoms with E-state index >= 15 is 0 Å². The first-order valence-corrected chi connectivity index (χ1v) is 39.3. The fourth-order valence-electron chi connectivity index (χ4n) is 12.8. The number of amidine groups is 1. The second-order valence-electron chi connectivity index (χ2n) is 27.7. The van der Waals surface area contributed by atoms with Gasteiger partial charge in [-0.15, -0.1) is 0 Å². The SMILES string of the molecule is CCCCCCCCCCCCCCCCCCOc1cc(COC(=O)CCC(=O)O[C@@H]2C[C@H](n3cnc4c(N=C(C)N(C)C)ncnc43)O[C@@H]2CO)cc(OCCCCCCCCCCCCCCCCCC)c1OCCCCCCCCCCCCCCCCCC. The molecule has 3 heterocycles. The van der Waals surface area contributed by atoms with Gasteiger partial charge in [0.2, 0.25) is 5.75 Å². The highest BCUT2D eigenvalue weighted by Gasteiger charge is 2.39. The summed E-state index contributed by atoms with van der Waals surface area (Å²) in [5.74, 6) is 1.94. The molecule has 1 N–H and O–H groups in total. The lowest BCUT2D eigenvalue weighted by Gasteiger charge is -2.19.